The van der Waals surface area contributed by atoms with E-state index in [-0.39, 0.29) is 29.4 Å². The van der Waals surface area contributed by atoms with Crippen LogP contribution in [0, 0.1) is 13.8 Å². The number of piperazine rings is 1. The van der Waals surface area contributed by atoms with Gasteiger partial charge in [0.05, 0.1) is 17.5 Å². The zero-order chi connectivity index (χ0) is 24.6. The maximum atomic E-state index is 13.0. The van der Waals surface area contributed by atoms with Crippen LogP contribution in [0.4, 0.5) is 5.69 Å². The second-order valence-electron chi connectivity index (χ2n) is 8.66. The summed E-state index contributed by atoms with van der Waals surface area (Å²) >= 11 is 0. The van der Waals surface area contributed by atoms with Crippen LogP contribution in [0.2, 0.25) is 0 Å². The Morgan fingerprint density at radius 3 is 2.44 bits per heavy atom. The predicted octanol–water partition coefficient (Wildman–Crippen LogP) is 0.646. The fourth-order valence-corrected chi connectivity index (χ4v) is 4.15. The van der Waals surface area contributed by atoms with Crippen LogP contribution in [0.1, 0.15) is 21.5 Å². The first-order chi connectivity index (χ1) is 16.2. The molecule has 10 heteroatoms. The number of hydrogen-bond donors (Lipinski definition) is 1. The number of aromatic nitrogens is 3. The Labute approximate surface area is 196 Å². The van der Waals surface area contributed by atoms with Crippen molar-refractivity contribution in [2.45, 2.75) is 13.8 Å². The molecule has 1 fully saturated rings. The van der Waals surface area contributed by atoms with Gasteiger partial charge in [0.15, 0.2) is 0 Å². The molecule has 2 amide bonds. The molecule has 1 aromatic carbocycles. The molecule has 0 radical (unpaired) electrons. The Hall–Kier alpha value is -3.79. The molecular weight excluding hydrogens is 436 g/mol. The highest BCUT2D eigenvalue weighted by Crippen LogP contribution is 2.18. The topological polar surface area (TPSA) is 110 Å². The van der Waals surface area contributed by atoms with Crippen LogP contribution in [-0.4, -0.2) is 68.5 Å². The van der Waals surface area contributed by atoms with E-state index in [1.807, 2.05) is 36.9 Å². The second-order valence-corrected chi connectivity index (χ2v) is 8.66. The van der Waals surface area contributed by atoms with Crippen molar-refractivity contribution in [2.75, 3.05) is 38.0 Å². The first kappa shape index (κ1) is 23.4. The summed E-state index contributed by atoms with van der Waals surface area (Å²) in [6.45, 7) is 6.26. The number of nitrogens with zero attached hydrogens (tertiary/aromatic N) is 5. The molecule has 10 nitrogen and oxygen atoms in total. The Kier molecular flexibility index (Phi) is 6.34. The Morgan fingerprint density at radius 1 is 1.03 bits per heavy atom. The third kappa shape index (κ3) is 4.36. The summed E-state index contributed by atoms with van der Waals surface area (Å²) in [6.07, 6.45) is 1.40. The third-order valence-corrected chi connectivity index (χ3v) is 6.45. The van der Waals surface area contributed by atoms with Gasteiger partial charge in [-0.3, -0.25) is 28.4 Å². The van der Waals surface area contributed by atoms with Gasteiger partial charge in [-0.25, -0.2) is 9.78 Å². The minimum absolute atomic E-state index is 0.0892. The molecule has 4 rings (SSSR count). The minimum Gasteiger partial charge on any atom is -0.336 e. The van der Waals surface area contributed by atoms with E-state index >= 15 is 0 Å². The number of nitrogens with one attached hydrogen (secondary N) is 1. The summed E-state index contributed by atoms with van der Waals surface area (Å²) in [5.41, 5.74) is 2.56. The maximum Gasteiger partial charge on any atom is 0.332 e. The lowest BCUT2D eigenvalue weighted by Gasteiger charge is -2.34. The Morgan fingerprint density at radius 2 is 1.74 bits per heavy atom. The first-order valence-corrected chi connectivity index (χ1v) is 11.1. The van der Waals surface area contributed by atoms with E-state index < -0.39 is 11.2 Å². The lowest BCUT2D eigenvalue weighted by molar-refractivity contribution is -0.117. The van der Waals surface area contributed by atoms with Crippen molar-refractivity contribution in [3.05, 3.63) is 68.0 Å². The molecule has 0 spiro atoms. The van der Waals surface area contributed by atoms with Crippen LogP contribution >= 0.6 is 0 Å². The summed E-state index contributed by atoms with van der Waals surface area (Å²) in [7, 11) is 2.93. The molecule has 178 valence electrons. The molecule has 1 saturated heterocycles. The molecule has 0 aliphatic carbocycles. The van der Waals surface area contributed by atoms with Gasteiger partial charge in [0.1, 0.15) is 5.65 Å². The smallest absolute Gasteiger partial charge is 0.332 e. The van der Waals surface area contributed by atoms with Crippen LogP contribution in [-0.2, 0) is 18.9 Å². The molecule has 3 aromatic rings. The van der Waals surface area contributed by atoms with E-state index in [0.29, 0.717) is 31.7 Å². The van der Waals surface area contributed by atoms with Gasteiger partial charge in [0.2, 0.25) is 5.91 Å². The summed E-state index contributed by atoms with van der Waals surface area (Å²) < 4.78 is 2.29. The number of rotatable bonds is 4. The fraction of sp³-hybridized carbons (Fsp3) is 0.375. The SMILES string of the molecule is Cc1cccc(NC(=O)CN2CCN(C(=O)c3cnc4c(c3)c(=O)n(C)c(=O)n4C)CC2)c1C. The third-order valence-electron chi connectivity index (χ3n) is 6.45. The van der Waals surface area contributed by atoms with Gasteiger partial charge >= 0.3 is 5.69 Å². The van der Waals surface area contributed by atoms with E-state index in [1.54, 1.807) is 4.90 Å². The van der Waals surface area contributed by atoms with Gasteiger partial charge in [-0.1, -0.05) is 12.1 Å². The van der Waals surface area contributed by atoms with Crippen LogP contribution < -0.4 is 16.6 Å². The average Bonchev–Trinajstić information content (AvgIpc) is 2.84. The summed E-state index contributed by atoms with van der Waals surface area (Å²) in [6, 6.07) is 7.31. The van der Waals surface area contributed by atoms with E-state index in [9.17, 15) is 19.2 Å². The molecule has 0 bridgehead atoms. The number of carbonyl (C=O) groups is 2. The number of hydrogen-bond acceptors (Lipinski definition) is 6. The summed E-state index contributed by atoms with van der Waals surface area (Å²) in [4.78, 5) is 58.1. The van der Waals surface area contributed by atoms with Gasteiger partial charge in [0.25, 0.3) is 11.5 Å². The number of anilines is 1. The van der Waals surface area contributed by atoms with Crippen LogP contribution in [0.3, 0.4) is 0 Å². The Bertz CT molecular complexity index is 1400. The normalized spacial score (nSPS) is 14.4. The molecule has 1 aliphatic rings. The van der Waals surface area contributed by atoms with Gasteiger partial charge in [-0.2, -0.15) is 0 Å². The molecule has 0 unspecified atom stereocenters. The number of pyridine rings is 1. The van der Waals surface area contributed by atoms with Crippen LogP contribution in [0.15, 0.2) is 40.1 Å². The molecular formula is C24H28N6O4. The van der Waals surface area contributed by atoms with Crippen molar-refractivity contribution in [1.82, 2.24) is 23.9 Å². The maximum absolute atomic E-state index is 13.0. The molecule has 2 aromatic heterocycles. The highest BCUT2D eigenvalue weighted by molar-refractivity contribution is 5.97. The van der Waals surface area contributed by atoms with Crippen molar-refractivity contribution >= 4 is 28.5 Å². The van der Waals surface area contributed by atoms with E-state index in [1.165, 1.54) is 30.9 Å². The number of fused-ring (bicyclic) bond motifs is 1. The average molecular weight is 465 g/mol. The monoisotopic (exact) mass is 464 g/mol. The van der Waals surface area contributed by atoms with Gasteiger partial charge < -0.3 is 10.2 Å². The number of carbonyl (C=O) groups excluding carboxylic acids is 2. The van der Waals surface area contributed by atoms with Crippen molar-refractivity contribution in [3.8, 4) is 0 Å². The van der Waals surface area contributed by atoms with E-state index in [0.717, 1.165) is 21.4 Å². The lowest BCUT2D eigenvalue weighted by Crippen LogP contribution is -2.50. The minimum atomic E-state index is -0.486. The van der Waals surface area contributed by atoms with Gasteiger partial charge in [-0.15, -0.1) is 0 Å². The van der Waals surface area contributed by atoms with Gasteiger partial charge in [0, 0.05) is 52.2 Å². The lowest BCUT2D eigenvalue weighted by atomic mass is 10.1. The number of aryl methyl sites for hydroxylation is 2. The van der Waals surface area contributed by atoms with Crippen molar-refractivity contribution in [2.24, 2.45) is 14.1 Å². The van der Waals surface area contributed by atoms with Gasteiger partial charge in [-0.05, 0) is 37.1 Å². The quantitative estimate of drug-likeness (QED) is 0.607. The first-order valence-electron chi connectivity index (χ1n) is 11.1. The molecule has 34 heavy (non-hydrogen) atoms. The van der Waals surface area contributed by atoms with E-state index in [2.05, 4.69) is 10.3 Å². The highest BCUT2D eigenvalue weighted by Gasteiger charge is 2.24. The number of benzene rings is 1. The van der Waals surface area contributed by atoms with Crippen molar-refractivity contribution in [3.63, 3.8) is 0 Å². The highest BCUT2D eigenvalue weighted by atomic mass is 16.2. The second kappa shape index (κ2) is 9.22. The summed E-state index contributed by atoms with van der Waals surface area (Å²) in [5.74, 6) is -0.321. The molecule has 1 N–H and O–H groups in total. The van der Waals surface area contributed by atoms with Crippen molar-refractivity contribution < 1.29 is 9.59 Å². The predicted molar refractivity (Wildman–Crippen MR) is 129 cm³/mol. The van der Waals surface area contributed by atoms with Crippen LogP contribution in [0.25, 0.3) is 11.0 Å². The van der Waals surface area contributed by atoms with Crippen molar-refractivity contribution in [1.29, 1.82) is 0 Å². The van der Waals surface area contributed by atoms with Crippen LogP contribution in [0.5, 0.6) is 0 Å². The molecule has 0 atom stereocenters. The van der Waals surface area contributed by atoms with E-state index in [4.69, 9.17) is 0 Å². The molecule has 1 aliphatic heterocycles. The standard InChI is InChI=1S/C24H28N6O4/c1-15-6-5-7-19(16(15)2)26-20(31)14-29-8-10-30(11-9-29)22(32)17-12-18-21(25-13-17)27(3)24(34)28(4)23(18)33/h5-7,12-13H,8-11,14H2,1-4H3,(H,26,31). The fourth-order valence-electron chi connectivity index (χ4n) is 4.15. The number of amides is 2. The zero-order valence-corrected chi connectivity index (χ0v) is 19.8. The zero-order valence-electron chi connectivity index (χ0n) is 19.8. The largest absolute Gasteiger partial charge is 0.336 e. The molecule has 3 heterocycles. The summed E-state index contributed by atoms with van der Waals surface area (Å²) in [5, 5.41) is 3.19. The molecule has 0 saturated carbocycles. The Balaban J connectivity index is 1.40.